The highest BCUT2D eigenvalue weighted by Crippen LogP contribution is 2.27. The molecule has 4 rings (SSSR count). The molecule has 2 amide bonds. The SMILES string of the molecule is COc1ccc(C(=O)C2CCN(C(=O)[C@@H]3CCCN(C(=O)c4cccs4)C3)CC2)cc1. The number of methoxy groups -OCH3 is 1. The van der Waals surface area contributed by atoms with E-state index in [4.69, 9.17) is 4.74 Å². The van der Waals surface area contributed by atoms with E-state index in [9.17, 15) is 14.4 Å². The zero-order valence-electron chi connectivity index (χ0n) is 17.8. The summed E-state index contributed by atoms with van der Waals surface area (Å²) in [5.41, 5.74) is 0.695. The Morgan fingerprint density at radius 3 is 2.32 bits per heavy atom. The van der Waals surface area contributed by atoms with Crippen molar-refractivity contribution in [3.05, 3.63) is 52.2 Å². The molecule has 164 valence electrons. The molecule has 6 nitrogen and oxygen atoms in total. The second kappa shape index (κ2) is 9.64. The molecule has 0 bridgehead atoms. The summed E-state index contributed by atoms with van der Waals surface area (Å²) in [6.45, 7) is 2.39. The lowest BCUT2D eigenvalue weighted by atomic mass is 9.87. The van der Waals surface area contributed by atoms with Gasteiger partial charge < -0.3 is 14.5 Å². The predicted molar refractivity (Wildman–Crippen MR) is 120 cm³/mol. The minimum Gasteiger partial charge on any atom is -0.497 e. The molecule has 1 aromatic heterocycles. The molecule has 2 aliphatic heterocycles. The van der Waals surface area contributed by atoms with Gasteiger partial charge in [0.2, 0.25) is 5.91 Å². The van der Waals surface area contributed by atoms with Crippen molar-refractivity contribution in [1.29, 1.82) is 0 Å². The van der Waals surface area contributed by atoms with Crippen molar-refractivity contribution < 1.29 is 19.1 Å². The monoisotopic (exact) mass is 440 g/mol. The number of piperidine rings is 2. The highest BCUT2D eigenvalue weighted by atomic mass is 32.1. The van der Waals surface area contributed by atoms with Gasteiger partial charge >= 0.3 is 0 Å². The summed E-state index contributed by atoms with van der Waals surface area (Å²) in [5, 5.41) is 1.90. The molecule has 0 saturated carbocycles. The Morgan fingerprint density at radius 2 is 1.68 bits per heavy atom. The molecule has 1 atom stereocenters. The predicted octanol–water partition coefficient (Wildman–Crippen LogP) is 3.73. The van der Waals surface area contributed by atoms with E-state index in [-0.39, 0.29) is 29.4 Å². The van der Waals surface area contributed by atoms with E-state index >= 15 is 0 Å². The third kappa shape index (κ3) is 4.82. The summed E-state index contributed by atoms with van der Waals surface area (Å²) < 4.78 is 5.16. The number of nitrogens with zero attached hydrogens (tertiary/aromatic N) is 2. The lowest BCUT2D eigenvalue weighted by Gasteiger charge is -2.37. The number of rotatable bonds is 5. The van der Waals surface area contributed by atoms with E-state index in [2.05, 4.69) is 0 Å². The first-order valence-corrected chi connectivity index (χ1v) is 11.7. The summed E-state index contributed by atoms with van der Waals surface area (Å²) in [6.07, 6.45) is 3.03. The maximum atomic E-state index is 13.1. The van der Waals surface area contributed by atoms with E-state index in [1.807, 2.05) is 27.3 Å². The van der Waals surface area contributed by atoms with Gasteiger partial charge in [0.15, 0.2) is 5.78 Å². The number of carbonyl (C=O) groups is 3. The second-order valence-electron chi connectivity index (χ2n) is 8.26. The largest absolute Gasteiger partial charge is 0.497 e. The van der Waals surface area contributed by atoms with Crippen LogP contribution in [0.15, 0.2) is 41.8 Å². The highest BCUT2D eigenvalue weighted by Gasteiger charge is 2.34. The molecule has 0 N–H and O–H groups in total. The molecule has 1 aromatic carbocycles. The molecule has 0 spiro atoms. The van der Waals surface area contributed by atoms with Gasteiger partial charge in [0.1, 0.15) is 5.75 Å². The molecule has 0 unspecified atom stereocenters. The van der Waals surface area contributed by atoms with Crippen molar-refractivity contribution in [2.24, 2.45) is 11.8 Å². The number of ketones is 1. The van der Waals surface area contributed by atoms with Crippen LogP contribution >= 0.6 is 11.3 Å². The molecule has 31 heavy (non-hydrogen) atoms. The molecular weight excluding hydrogens is 412 g/mol. The van der Waals surface area contributed by atoms with E-state index < -0.39 is 0 Å². The van der Waals surface area contributed by atoms with Gasteiger partial charge in [-0.25, -0.2) is 0 Å². The van der Waals surface area contributed by atoms with E-state index in [0.29, 0.717) is 44.6 Å². The Bertz CT molecular complexity index is 918. The van der Waals surface area contributed by atoms with Crippen molar-refractivity contribution in [2.45, 2.75) is 25.7 Å². The Balaban J connectivity index is 1.31. The molecule has 0 radical (unpaired) electrons. The number of amides is 2. The standard InChI is InChI=1S/C24H28N2O4S/c1-30-20-8-6-17(7-9-20)22(27)18-10-13-25(14-11-18)23(28)19-4-2-12-26(16-19)24(29)21-5-3-15-31-21/h3,5-9,15,18-19H,2,4,10-14,16H2,1H3/t19-/m1/s1. The van der Waals surface area contributed by atoms with Crippen molar-refractivity contribution in [1.82, 2.24) is 9.80 Å². The first-order chi connectivity index (χ1) is 15.1. The van der Waals surface area contributed by atoms with Crippen LogP contribution in [0.25, 0.3) is 0 Å². The molecule has 7 heteroatoms. The summed E-state index contributed by atoms with van der Waals surface area (Å²) >= 11 is 1.44. The summed E-state index contributed by atoms with van der Waals surface area (Å²) in [4.78, 5) is 43.0. The van der Waals surface area contributed by atoms with Gasteiger partial charge in [-0.3, -0.25) is 14.4 Å². The number of thiophene rings is 1. The summed E-state index contributed by atoms with van der Waals surface area (Å²) in [5.74, 6) is 0.818. The molecule has 2 saturated heterocycles. The van der Waals surface area contributed by atoms with Crippen molar-refractivity contribution >= 4 is 28.9 Å². The number of benzene rings is 1. The number of hydrogen-bond acceptors (Lipinski definition) is 5. The third-order valence-electron chi connectivity index (χ3n) is 6.34. The van der Waals surface area contributed by atoms with Crippen LogP contribution in [0.2, 0.25) is 0 Å². The molecule has 2 aliphatic rings. The first kappa shape index (κ1) is 21.6. The zero-order valence-corrected chi connectivity index (χ0v) is 18.6. The van der Waals surface area contributed by atoms with Crippen molar-refractivity contribution in [3.63, 3.8) is 0 Å². The smallest absolute Gasteiger partial charge is 0.263 e. The van der Waals surface area contributed by atoms with E-state index in [0.717, 1.165) is 23.5 Å². The minimum absolute atomic E-state index is 0.0243. The molecule has 0 aliphatic carbocycles. The average molecular weight is 441 g/mol. The van der Waals surface area contributed by atoms with Crippen LogP contribution in [-0.4, -0.2) is 60.7 Å². The number of ether oxygens (including phenoxy) is 1. The van der Waals surface area contributed by atoms with E-state index in [1.165, 1.54) is 11.3 Å². The first-order valence-electron chi connectivity index (χ1n) is 10.9. The lowest BCUT2D eigenvalue weighted by molar-refractivity contribution is -0.138. The maximum absolute atomic E-state index is 13.1. The fourth-order valence-electron chi connectivity index (χ4n) is 4.53. The fourth-order valence-corrected chi connectivity index (χ4v) is 5.22. The Labute approximate surface area is 186 Å². The van der Waals surface area contributed by atoms with E-state index in [1.54, 1.807) is 31.4 Å². The molecular formula is C24H28N2O4S. The number of hydrogen-bond donors (Lipinski definition) is 0. The van der Waals surface area contributed by atoms with Crippen LogP contribution in [-0.2, 0) is 4.79 Å². The molecule has 2 fully saturated rings. The van der Waals surface area contributed by atoms with Gasteiger partial charge in [-0.15, -0.1) is 11.3 Å². The topological polar surface area (TPSA) is 66.9 Å². The van der Waals surface area contributed by atoms with Gasteiger partial charge in [-0.2, -0.15) is 0 Å². The van der Waals surface area contributed by atoms with Gasteiger partial charge in [0.05, 0.1) is 17.9 Å². The summed E-state index contributed by atoms with van der Waals surface area (Å²) in [7, 11) is 1.60. The highest BCUT2D eigenvalue weighted by molar-refractivity contribution is 7.12. The Kier molecular flexibility index (Phi) is 6.70. The van der Waals surface area contributed by atoms with Crippen LogP contribution in [0.3, 0.4) is 0 Å². The van der Waals surface area contributed by atoms with Crippen LogP contribution in [0.5, 0.6) is 5.75 Å². The summed E-state index contributed by atoms with van der Waals surface area (Å²) in [6, 6.07) is 10.9. The van der Waals surface area contributed by atoms with Gasteiger partial charge in [0, 0.05) is 37.7 Å². The fraction of sp³-hybridized carbons (Fsp3) is 0.458. The molecule has 3 heterocycles. The van der Waals surface area contributed by atoms with Gasteiger partial charge in [0.25, 0.3) is 5.91 Å². The quantitative estimate of drug-likeness (QED) is 0.665. The number of Topliss-reactive ketones (excluding diaryl/α,β-unsaturated/α-hetero) is 1. The van der Waals surface area contributed by atoms with Gasteiger partial charge in [-0.05, 0) is 61.4 Å². The number of likely N-dealkylation sites (tertiary alicyclic amines) is 2. The van der Waals surface area contributed by atoms with Crippen molar-refractivity contribution in [3.8, 4) is 5.75 Å². The van der Waals surface area contributed by atoms with Crippen LogP contribution in [0.1, 0.15) is 45.7 Å². The van der Waals surface area contributed by atoms with Crippen molar-refractivity contribution in [2.75, 3.05) is 33.3 Å². The zero-order chi connectivity index (χ0) is 21.8. The minimum atomic E-state index is -0.147. The molecule has 2 aromatic rings. The Hall–Kier alpha value is -2.67. The van der Waals surface area contributed by atoms with Gasteiger partial charge in [-0.1, -0.05) is 6.07 Å². The second-order valence-corrected chi connectivity index (χ2v) is 9.21. The van der Waals surface area contributed by atoms with Crippen LogP contribution in [0, 0.1) is 11.8 Å². The van der Waals surface area contributed by atoms with Crippen LogP contribution < -0.4 is 4.74 Å². The normalized spacial score (nSPS) is 19.8. The Morgan fingerprint density at radius 1 is 0.935 bits per heavy atom. The number of carbonyl (C=O) groups excluding carboxylic acids is 3. The van der Waals surface area contributed by atoms with Crippen LogP contribution in [0.4, 0.5) is 0 Å². The maximum Gasteiger partial charge on any atom is 0.263 e. The third-order valence-corrected chi connectivity index (χ3v) is 7.20. The average Bonchev–Trinajstić information content (AvgIpc) is 3.38. The lowest BCUT2D eigenvalue weighted by Crippen LogP contribution is -2.49.